The van der Waals surface area contributed by atoms with E-state index in [9.17, 15) is 14.4 Å². The second-order valence-corrected chi connectivity index (χ2v) is 9.74. The Hall–Kier alpha value is -2.41. The molecule has 3 aliphatic rings. The number of amides is 3. The summed E-state index contributed by atoms with van der Waals surface area (Å²) in [7, 11) is 0. The SMILES string of the molecule is CC(=O)N1CC(N(CCc2ccccc2)C(=O)C2CC2)CC1C(=O)NC1CCC(N)CC1. The van der Waals surface area contributed by atoms with Gasteiger partial charge in [0.2, 0.25) is 17.7 Å². The molecule has 2 atom stereocenters. The maximum absolute atomic E-state index is 13.1. The number of benzene rings is 1. The van der Waals surface area contributed by atoms with Crippen LogP contribution < -0.4 is 11.1 Å². The van der Waals surface area contributed by atoms with Crippen molar-refractivity contribution in [3.05, 3.63) is 35.9 Å². The minimum atomic E-state index is -0.515. The van der Waals surface area contributed by atoms with Crippen LogP contribution in [-0.2, 0) is 20.8 Å². The molecule has 174 valence electrons. The summed E-state index contributed by atoms with van der Waals surface area (Å²) in [5.74, 6) is 0.0814. The first kappa shape index (κ1) is 22.8. The van der Waals surface area contributed by atoms with Crippen LogP contribution in [0.3, 0.4) is 0 Å². The number of nitrogens with one attached hydrogen (secondary N) is 1. The molecule has 0 bridgehead atoms. The summed E-state index contributed by atoms with van der Waals surface area (Å²) >= 11 is 0. The first-order valence-electron chi connectivity index (χ1n) is 12.1. The highest BCUT2D eigenvalue weighted by Crippen LogP contribution is 2.34. The Morgan fingerprint density at radius 3 is 2.38 bits per heavy atom. The zero-order valence-corrected chi connectivity index (χ0v) is 19.0. The van der Waals surface area contributed by atoms with Gasteiger partial charge < -0.3 is 20.9 Å². The summed E-state index contributed by atoms with van der Waals surface area (Å²) in [5.41, 5.74) is 7.18. The molecule has 3 N–H and O–H groups in total. The first-order chi connectivity index (χ1) is 15.4. The van der Waals surface area contributed by atoms with Crippen LogP contribution in [0, 0.1) is 5.92 Å². The van der Waals surface area contributed by atoms with Crippen molar-refractivity contribution >= 4 is 17.7 Å². The molecule has 0 radical (unpaired) electrons. The Morgan fingerprint density at radius 2 is 1.75 bits per heavy atom. The predicted molar refractivity (Wildman–Crippen MR) is 123 cm³/mol. The number of nitrogens with two attached hydrogens (primary N) is 1. The lowest BCUT2D eigenvalue weighted by Crippen LogP contribution is -2.49. The Bertz CT molecular complexity index is 818. The van der Waals surface area contributed by atoms with Crippen LogP contribution in [0.25, 0.3) is 0 Å². The number of likely N-dealkylation sites (tertiary alicyclic amines) is 1. The van der Waals surface area contributed by atoms with E-state index in [-0.39, 0.29) is 41.8 Å². The summed E-state index contributed by atoms with van der Waals surface area (Å²) in [4.78, 5) is 42.3. The molecule has 1 aliphatic heterocycles. The van der Waals surface area contributed by atoms with Gasteiger partial charge in [-0.15, -0.1) is 0 Å². The van der Waals surface area contributed by atoms with E-state index in [1.54, 1.807) is 4.90 Å². The van der Waals surface area contributed by atoms with Crippen LogP contribution in [0.15, 0.2) is 30.3 Å². The summed E-state index contributed by atoms with van der Waals surface area (Å²) in [6, 6.07) is 9.86. The van der Waals surface area contributed by atoms with Gasteiger partial charge in [-0.05, 0) is 56.9 Å². The van der Waals surface area contributed by atoms with Gasteiger partial charge in [0.25, 0.3) is 0 Å². The molecule has 4 rings (SSSR count). The maximum atomic E-state index is 13.1. The minimum absolute atomic E-state index is 0.0925. The molecule has 2 unspecified atom stereocenters. The van der Waals surface area contributed by atoms with E-state index in [0.29, 0.717) is 19.5 Å². The van der Waals surface area contributed by atoms with E-state index in [1.807, 2.05) is 23.1 Å². The topological polar surface area (TPSA) is 95.7 Å². The van der Waals surface area contributed by atoms with Crippen LogP contribution >= 0.6 is 0 Å². The third kappa shape index (κ3) is 5.49. The van der Waals surface area contributed by atoms with Crippen LogP contribution in [0.1, 0.15) is 57.4 Å². The fourth-order valence-electron chi connectivity index (χ4n) is 5.13. The number of hydrogen-bond donors (Lipinski definition) is 2. The van der Waals surface area contributed by atoms with Gasteiger partial charge in [0.15, 0.2) is 0 Å². The van der Waals surface area contributed by atoms with E-state index in [2.05, 4.69) is 17.4 Å². The number of rotatable bonds is 7. The molecular weight excluding hydrogens is 404 g/mol. The average molecular weight is 441 g/mol. The van der Waals surface area contributed by atoms with Gasteiger partial charge in [-0.1, -0.05) is 30.3 Å². The van der Waals surface area contributed by atoms with Crippen molar-refractivity contribution in [3.8, 4) is 0 Å². The summed E-state index contributed by atoms with van der Waals surface area (Å²) in [5, 5.41) is 3.16. The van der Waals surface area contributed by atoms with Crippen LogP contribution in [0.5, 0.6) is 0 Å². The predicted octanol–water partition coefficient (Wildman–Crippen LogP) is 1.84. The molecule has 2 saturated carbocycles. The number of hydrogen-bond acceptors (Lipinski definition) is 4. The maximum Gasteiger partial charge on any atom is 0.243 e. The normalized spacial score (nSPS) is 27.8. The van der Waals surface area contributed by atoms with Gasteiger partial charge in [-0.3, -0.25) is 14.4 Å². The van der Waals surface area contributed by atoms with Gasteiger partial charge >= 0.3 is 0 Å². The largest absolute Gasteiger partial charge is 0.352 e. The summed E-state index contributed by atoms with van der Waals surface area (Å²) in [6.45, 7) is 2.56. The van der Waals surface area contributed by atoms with Crippen LogP contribution in [-0.4, -0.2) is 64.8 Å². The van der Waals surface area contributed by atoms with E-state index in [1.165, 1.54) is 12.5 Å². The first-order valence-corrected chi connectivity index (χ1v) is 12.1. The Labute approximate surface area is 190 Å². The Balaban J connectivity index is 1.43. The van der Waals surface area contributed by atoms with Crippen molar-refractivity contribution in [1.82, 2.24) is 15.1 Å². The fraction of sp³-hybridized carbons (Fsp3) is 0.640. The molecule has 1 aromatic carbocycles. The van der Waals surface area contributed by atoms with E-state index >= 15 is 0 Å². The van der Waals surface area contributed by atoms with Crippen molar-refractivity contribution in [2.75, 3.05) is 13.1 Å². The molecular formula is C25H36N4O3. The van der Waals surface area contributed by atoms with Crippen molar-refractivity contribution < 1.29 is 14.4 Å². The highest BCUT2D eigenvalue weighted by atomic mass is 16.2. The van der Waals surface area contributed by atoms with Crippen molar-refractivity contribution in [3.63, 3.8) is 0 Å². The molecule has 3 fully saturated rings. The number of carbonyl (C=O) groups is 3. The molecule has 2 aliphatic carbocycles. The van der Waals surface area contributed by atoms with Crippen molar-refractivity contribution in [2.45, 2.75) is 82.5 Å². The zero-order chi connectivity index (χ0) is 22.7. The molecule has 0 aromatic heterocycles. The van der Waals surface area contributed by atoms with Crippen molar-refractivity contribution in [1.29, 1.82) is 0 Å². The fourth-order valence-corrected chi connectivity index (χ4v) is 5.13. The third-order valence-corrected chi connectivity index (χ3v) is 7.24. The molecule has 1 aromatic rings. The van der Waals surface area contributed by atoms with E-state index < -0.39 is 6.04 Å². The molecule has 7 nitrogen and oxygen atoms in total. The average Bonchev–Trinajstić information content (AvgIpc) is 3.54. The highest BCUT2D eigenvalue weighted by molar-refractivity contribution is 5.88. The minimum Gasteiger partial charge on any atom is -0.352 e. The standard InChI is InChI=1S/C25H36N4O3/c1-17(30)29-16-22(15-23(29)24(31)27-21-11-9-20(26)10-12-21)28(25(32)19-7-8-19)14-13-18-5-3-2-4-6-18/h2-6,19-23H,7-16,26H2,1H3,(H,27,31). The summed E-state index contributed by atoms with van der Waals surface area (Å²) < 4.78 is 0. The zero-order valence-electron chi connectivity index (χ0n) is 19.0. The molecule has 32 heavy (non-hydrogen) atoms. The second kappa shape index (κ2) is 10.0. The number of carbonyl (C=O) groups excluding carboxylic acids is 3. The molecule has 7 heteroatoms. The lowest BCUT2D eigenvalue weighted by molar-refractivity contribution is -0.137. The van der Waals surface area contributed by atoms with Gasteiger partial charge in [-0.2, -0.15) is 0 Å². The third-order valence-electron chi connectivity index (χ3n) is 7.24. The van der Waals surface area contributed by atoms with Gasteiger partial charge in [0.1, 0.15) is 6.04 Å². The van der Waals surface area contributed by atoms with Crippen LogP contribution in [0.2, 0.25) is 0 Å². The van der Waals surface area contributed by atoms with Gasteiger partial charge in [0, 0.05) is 38.0 Å². The van der Waals surface area contributed by atoms with Crippen LogP contribution in [0.4, 0.5) is 0 Å². The molecule has 1 saturated heterocycles. The molecule has 3 amide bonds. The molecule has 0 spiro atoms. The smallest absolute Gasteiger partial charge is 0.243 e. The monoisotopic (exact) mass is 440 g/mol. The lowest BCUT2D eigenvalue weighted by atomic mass is 9.91. The highest BCUT2D eigenvalue weighted by Gasteiger charge is 2.44. The Kier molecular flexibility index (Phi) is 7.13. The second-order valence-electron chi connectivity index (χ2n) is 9.74. The van der Waals surface area contributed by atoms with Gasteiger partial charge in [0.05, 0.1) is 6.04 Å². The summed E-state index contributed by atoms with van der Waals surface area (Å²) in [6.07, 6.45) is 6.75. The quantitative estimate of drug-likeness (QED) is 0.676. The van der Waals surface area contributed by atoms with Crippen molar-refractivity contribution in [2.24, 2.45) is 11.7 Å². The molecule has 1 heterocycles. The van der Waals surface area contributed by atoms with Gasteiger partial charge in [-0.25, -0.2) is 0 Å². The van der Waals surface area contributed by atoms with E-state index in [4.69, 9.17) is 5.73 Å². The lowest BCUT2D eigenvalue weighted by Gasteiger charge is -2.29. The Morgan fingerprint density at radius 1 is 1.06 bits per heavy atom. The number of nitrogens with zero attached hydrogens (tertiary/aromatic N) is 2. The van der Waals surface area contributed by atoms with E-state index in [0.717, 1.165) is 44.9 Å².